The maximum Gasteiger partial charge on any atom is 0.282 e. The lowest BCUT2D eigenvalue weighted by Crippen LogP contribution is -2.16. The van der Waals surface area contributed by atoms with E-state index in [1.807, 2.05) is 0 Å². The average molecular weight is 356 g/mol. The van der Waals surface area contributed by atoms with Crippen LogP contribution in [0.2, 0.25) is 15.1 Å². The predicted molar refractivity (Wildman–Crippen MR) is 76.5 cm³/mol. The summed E-state index contributed by atoms with van der Waals surface area (Å²) in [5, 5.41) is -0.529. The van der Waals surface area contributed by atoms with E-state index < -0.39 is 20.9 Å². The van der Waals surface area contributed by atoms with Crippen molar-refractivity contribution >= 4 is 50.5 Å². The van der Waals surface area contributed by atoms with Gasteiger partial charge in [-0.15, -0.1) is 0 Å². The van der Waals surface area contributed by atoms with Crippen LogP contribution in [0, 0.1) is 5.82 Å². The quantitative estimate of drug-likeness (QED) is 0.906. The molecule has 1 heterocycles. The fraction of sp³-hybridized carbons (Fsp3) is 0. The summed E-state index contributed by atoms with van der Waals surface area (Å²) in [5.41, 5.74) is -0.0946. The normalized spacial score (nSPS) is 11.4. The third kappa shape index (κ3) is 3.15. The van der Waals surface area contributed by atoms with Gasteiger partial charge in [0.1, 0.15) is 0 Å². The van der Waals surface area contributed by atoms with Crippen molar-refractivity contribution in [1.29, 1.82) is 0 Å². The molecule has 2 rings (SSSR count). The molecule has 0 fully saturated rings. The monoisotopic (exact) mass is 354 g/mol. The Morgan fingerprint density at radius 1 is 1.15 bits per heavy atom. The Morgan fingerprint density at radius 3 is 2.30 bits per heavy atom. The molecule has 0 saturated heterocycles. The molecule has 9 heteroatoms. The molecule has 106 valence electrons. The highest BCUT2D eigenvalue weighted by Crippen LogP contribution is 2.35. The highest BCUT2D eigenvalue weighted by atomic mass is 35.5. The van der Waals surface area contributed by atoms with Crippen LogP contribution in [0.15, 0.2) is 35.5 Å². The van der Waals surface area contributed by atoms with Crippen molar-refractivity contribution in [3.05, 3.63) is 51.3 Å². The van der Waals surface area contributed by atoms with Crippen LogP contribution >= 0.6 is 34.8 Å². The lowest BCUT2D eigenvalue weighted by atomic mass is 10.3. The van der Waals surface area contributed by atoms with Gasteiger partial charge >= 0.3 is 0 Å². The Bertz CT molecular complexity index is 745. The molecule has 0 unspecified atom stereocenters. The molecule has 1 aromatic heterocycles. The van der Waals surface area contributed by atoms with Crippen LogP contribution in [-0.2, 0) is 10.0 Å². The van der Waals surface area contributed by atoms with E-state index in [1.54, 1.807) is 0 Å². The minimum atomic E-state index is -4.25. The number of rotatable bonds is 3. The van der Waals surface area contributed by atoms with Crippen molar-refractivity contribution in [2.45, 2.75) is 5.03 Å². The second kappa shape index (κ2) is 5.73. The van der Waals surface area contributed by atoms with E-state index in [0.717, 1.165) is 12.3 Å². The highest BCUT2D eigenvalue weighted by Gasteiger charge is 2.23. The van der Waals surface area contributed by atoms with Gasteiger partial charge in [-0.1, -0.05) is 34.8 Å². The lowest BCUT2D eigenvalue weighted by Gasteiger charge is -2.11. The Labute approximate surface area is 129 Å². The van der Waals surface area contributed by atoms with Crippen LogP contribution in [-0.4, -0.2) is 13.4 Å². The van der Waals surface area contributed by atoms with E-state index in [4.69, 9.17) is 34.8 Å². The van der Waals surface area contributed by atoms with Gasteiger partial charge < -0.3 is 0 Å². The van der Waals surface area contributed by atoms with Gasteiger partial charge in [-0.25, -0.2) is 9.37 Å². The SMILES string of the molecule is O=S(=O)(Nc1c(Cl)cc(Cl)cc1Cl)c1ncccc1F. The van der Waals surface area contributed by atoms with Crippen LogP contribution in [0.3, 0.4) is 0 Å². The Morgan fingerprint density at radius 2 is 1.75 bits per heavy atom. The summed E-state index contributed by atoms with van der Waals surface area (Å²) in [6.45, 7) is 0. The maximum atomic E-state index is 13.5. The summed E-state index contributed by atoms with van der Waals surface area (Å²) in [7, 11) is -4.25. The number of halogens is 4. The van der Waals surface area contributed by atoms with Crippen molar-refractivity contribution < 1.29 is 12.8 Å². The van der Waals surface area contributed by atoms with Gasteiger partial charge in [0.2, 0.25) is 5.03 Å². The van der Waals surface area contributed by atoms with Crippen molar-refractivity contribution in [1.82, 2.24) is 4.98 Å². The van der Waals surface area contributed by atoms with Crippen LogP contribution in [0.5, 0.6) is 0 Å². The van der Waals surface area contributed by atoms with E-state index in [9.17, 15) is 12.8 Å². The summed E-state index contributed by atoms with van der Waals surface area (Å²) in [4.78, 5) is 3.49. The maximum absolute atomic E-state index is 13.5. The smallest absolute Gasteiger partial charge is 0.275 e. The molecular weight excluding hydrogens is 350 g/mol. The molecule has 4 nitrogen and oxygen atoms in total. The first kappa shape index (κ1) is 15.3. The largest absolute Gasteiger partial charge is 0.282 e. The van der Waals surface area contributed by atoms with Gasteiger partial charge in [0.15, 0.2) is 5.82 Å². The molecule has 0 atom stereocenters. The zero-order valence-electron chi connectivity index (χ0n) is 9.57. The fourth-order valence-electron chi connectivity index (χ4n) is 1.39. The molecule has 0 bridgehead atoms. The Balaban J connectivity index is 2.47. The first-order valence-electron chi connectivity index (χ1n) is 5.09. The van der Waals surface area contributed by atoms with Gasteiger partial charge in [-0.05, 0) is 24.3 Å². The van der Waals surface area contributed by atoms with Gasteiger partial charge in [0.05, 0.1) is 15.7 Å². The molecule has 0 aliphatic heterocycles. The van der Waals surface area contributed by atoms with E-state index in [2.05, 4.69) is 9.71 Å². The summed E-state index contributed by atoms with van der Waals surface area (Å²) in [5.74, 6) is -0.985. The van der Waals surface area contributed by atoms with Gasteiger partial charge in [0, 0.05) is 11.2 Å². The van der Waals surface area contributed by atoms with E-state index in [0.29, 0.717) is 0 Å². The summed E-state index contributed by atoms with van der Waals surface area (Å²) >= 11 is 17.4. The summed E-state index contributed by atoms with van der Waals surface area (Å²) in [6, 6.07) is 4.87. The molecule has 1 aromatic carbocycles. The standard InChI is InChI=1S/C11H6Cl3FN2O2S/c12-6-4-7(13)10(8(14)5-6)17-20(18,19)11-9(15)2-1-3-16-11/h1-5,17H. The molecule has 20 heavy (non-hydrogen) atoms. The number of hydrogen-bond acceptors (Lipinski definition) is 3. The first-order valence-corrected chi connectivity index (χ1v) is 7.71. The topological polar surface area (TPSA) is 59.1 Å². The van der Waals surface area contributed by atoms with Gasteiger partial charge in [-0.3, -0.25) is 4.72 Å². The van der Waals surface area contributed by atoms with E-state index >= 15 is 0 Å². The number of aromatic nitrogens is 1. The molecule has 0 radical (unpaired) electrons. The number of nitrogens with one attached hydrogen (secondary N) is 1. The number of pyridine rings is 1. The van der Waals surface area contributed by atoms with Crippen LogP contribution < -0.4 is 4.72 Å². The predicted octanol–water partition coefficient (Wildman–Crippen LogP) is 3.98. The summed E-state index contributed by atoms with van der Waals surface area (Å²) < 4.78 is 39.7. The number of nitrogens with zero attached hydrogens (tertiary/aromatic N) is 1. The molecule has 2 aromatic rings. The average Bonchev–Trinajstić information content (AvgIpc) is 2.34. The number of anilines is 1. The number of benzene rings is 1. The van der Waals surface area contributed by atoms with Crippen molar-refractivity contribution in [3.8, 4) is 0 Å². The zero-order chi connectivity index (χ0) is 14.9. The van der Waals surface area contributed by atoms with E-state index in [1.165, 1.54) is 18.2 Å². The molecule has 1 N–H and O–H groups in total. The molecular formula is C11H6Cl3FN2O2S. The number of sulfonamides is 1. The fourth-order valence-corrected chi connectivity index (χ4v) is 3.52. The second-order valence-electron chi connectivity index (χ2n) is 3.64. The molecule has 0 spiro atoms. The Kier molecular flexibility index (Phi) is 4.39. The van der Waals surface area contributed by atoms with Crippen LogP contribution in [0.25, 0.3) is 0 Å². The van der Waals surface area contributed by atoms with Gasteiger partial charge in [-0.2, -0.15) is 8.42 Å². The van der Waals surface area contributed by atoms with E-state index in [-0.39, 0.29) is 20.8 Å². The second-order valence-corrected chi connectivity index (χ2v) is 6.49. The number of hydrogen-bond donors (Lipinski definition) is 1. The molecule has 0 aliphatic rings. The van der Waals surface area contributed by atoms with Crippen molar-refractivity contribution in [2.75, 3.05) is 4.72 Å². The zero-order valence-corrected chi connectivity index (χ0v) is 12.7. The minimum Gasteiger partial charge on any atom is -0.275 e. The molecule has 0 aliphatic carbocycles. The third-order valence-electron chi connectivity index (χ3n) is 2.22. The van der Waals surface area contributed by atoms with Crippen LogP contribution in [0.1, 0.15) is 0 Å². The van der Waals surface area contributed by atoms with Crippen molar-refractivity contribution in [2.24, 2.45) is 0 Å². The Hall–Kier alpha value is -1.08. The molecule has 0 amide bonds. The third-order valence-corrected chi connectivity index (χ3v) is 4.32. The highest BCUT2D eigenvalue weighted by molar-refractivity contribution is 7.92. The lowest BCUT2D eigenvalue weighted by molar-refractivity contribution is 0.557. The minimum absolute atomic E-state index is 0.0117. The first-order chi connectivity index (χ1) is 9.31. The van der Waals surface area contributed by atoms with Crippen LogP contribution in [0.4, 0.5) is 10.1 Å². The summed E-state index contributed by atoms with van der Waals surface area (Å²) in [6.07, 6.45) is 1.16. The van der Waals surface area contributed by atoms with Crippen molar-refractivity contribution in [3.63, 3.8) is 0 Å². The van der Waals surface area contributed by atoms with Gasteiger partial charge in [0.25, 0.3) is 10.0 Å². The molecule has 0 saturated carbocycles.